The van der Waals surface area contributed by atoms with Crippen LogP contribution in [0.4, 0.5) is 0 Å². The molecule has 0 spiro atoms. The summed E-state index contributed by atoms with van der Waals surface area (Å²) in [6.07, 6.45) is 0.633. The number of fused-ring (bicyclic) bond motifs is 1. The van der Waals surface area contributed by atoms with E-state index in [-0.39, 0.29) is 11.3 Å². The molecule has 0 fully saturated rings. The van der Waals surface area contributed by atoms with Crippen LogP contribution in [-0.2, 0) is 6.42 Å². The number of rotatable bonds is 4. The van der Waals surface area contributed by atoms with Crippen molar-refractivity contribution in [1.29, 1.82) is 0 Å². The summed E-state index contributed by atoms with van der Waals surface area (Å²) in [5, 5.41) is 19.9. The van der Waals surface area contributed by atoms with Crippen molar-refractivity contribution in [1.82, 2.24) is 0 Å². The Morgan fingerprint density at radius 3 is 2.48 bits per heavy atom. The van der Waals surface area contributed by atoms with Crippen molar-refractivity contribution in [3.63, 3.8) is 0 Å². The molecule has 0 radical (unpaired) electrons. The molecule has 2 N–H and O–H groups in total. The third-order valence-electron chi connectivity index (χ3n) is 4.68. The average molecular weight is 358 g/mol. The summed E-state index contributed by atoms with van der Waals surface area (Å²) in [5.41, 5.74) is 4.49. The standard InChI is InChI=1S/C23H18O4/c24-22-19(11-15-5-2-1-3-6-15)14-27-21-13-17(9-10-20(21)22)16-7-4-8-18(12-16)23(25)26/h1-10,12-13,24H,11,14H2,(H,25,26). The molecule has 134 valence electrons. The van der Waals surface area contributed by atoms with Crippen LogP contribution in [0.1, 0.15) is 21.5 Å². The van der Waals surface area contributed by atoms with Crippen molar-refractivity contribution < 1.29 is 19.7 Å². The van der Waals surface area contributed by atoms with E-state index in [9.17, 15) is 9.90 Å². The van der Waals surface area contributed by atoms with Gasteiger partial charge in [0.1, 0.15) is 18.1 Å². The van der Waals surface area contributed by atoms with Crippen LogP contribution in [0.2, 0.25) is 0 Å². The quantitative estimate of drug-likeness (QED) is 0.692. The van der Waals surface area contributed by atoms with Crippen molar-refractivity contribution >= 4 is 11.7 Å². The predicted molar refractivity (Wildman–Crippen MR) is 104 cm³/mol. The summed E-state index contributed by atoms with van der Waals surface area (Å²) < 4.78 is 5.88. The Labute approximate surface area is 157 Å². The molecule has 0 unspecified atom stereocenters. The molecule has 0 saturated heterocycles. The first-order valence-electron chi connectivity index (χ1n) is 8.67. The summed E-state index contributed by atoms with van der Waals surface area (Å²) in [4.78, 5) is 11.2. The molecule has 0 aromatic heterocycles. The second-order valence-electron chi connectivity index (χ2n) is 6.50. The van der Waals surface area contributed by atoms with Gasteiger partial charge >= 0.3 is 5.97 Å². The summed E-state index contributed by atoms with van der Waals surface area (Å²) in [6.45, 7) is 0.326. The number of aliphatic hydroxyl groups is 1. The molecule has 4 nitrogen and oxygen atoms in total. The zero-order chi connectivity index (χ0) is 18.8. The lowest BCUT2D eigenvalue weighted by Gasteiger charge is -2.21. The smallest absolute Gasteiger partial charge is 0.335 e. The normalized spacial score (nSPS) is 13.0. The van der Waals surface area contributed by atoms with Crippen molar-refractivity contribution in [3.05, 3.63) is 95.1 Å². The van der Waals surface area contributed by atoms with Gasteiger partial charge in [0, 0.05) is 12.0 Å². The van der Waals surface area contributed by atoms with Gasteiger partial charge in [-0.1, -0.05) is 48.5 Å². The molecule has 27 heavy (non-hydrogen) atoms. The number of hydrogen-bond acceptors (Lipinski definition) is 3. The molecule has 0 saturated carbocycles. The highest BCUT2D eigenvalue weighted by molar-refractivity contribution is 5.89. The highest BCUT2D eigenvalue weighted by atomic mass is 16.5. The topological polar surface area (TPSA) is 66.8 Å². The van der Waals surface area contributed by atoms with Crippen molar-refractivity contribution in [3.8, 4) is 16.9 Å². The van der Waals surface area contributed by atoms with Gasteiger partial charge in [-0.25, -0.2) is 4.79 Å². The number of aliphatic hydroxyl groups excluding tert-OH is 1. The van der Waals surface area contributed by atoms with Crippen LogP contribution in [0.3, 0.4) is 0 Å². The molecule has 4 rings (SSSR count). The molecule has 0 atom stereocenters. The molecule has 4 heteroatoms. The number of carbonyl (C=O) groups is 1. The van der Waals surface area contributed by atoms with Gasteiger partial charge in [0.05, 0.1) is 11.1 Å². The number of carboxylic acids is 1. The van der Waals surface area contributed by atoms with Crippen molar-refractivity contribution in [2.24, 2.45) is 0 Å². The van der Waals surface area contributed by atoms with Crippen molar-refractivity contribution in [2.45, 2.75) is 6.42 Å². The first kappa shape index (κ1) is 16.9. The lowest BCUT2D eigenvalue weighted by Crippen LogP contribution is -2.13. The molecule has 3 aromatic rings. The highest BCUT2D eigenvalue weighted by Gasteiger charge is 2.20. The van der Waals surface area contributed by atoms with Crippen LogP contribution < -0.4 is 4.74 Å². The molecular formula is C23H18O4. The first-order valence-corrected chi connectivity index (χ1v) is 8.67. The van der Waals surface area contributed by atoms with Gasteiger partial charge in [0.2, 0.25) is 0 Å². The molecule has 1 aliphatic heterocycles. The number of ether oxygens (including phenoxy) is 1. The fourth-order valence-electron chi connectivity index (χ4n) is 3.25. The van der Waals surface area contributed by atoms with E-state index < -0.39 is 5.97 Å². The van der Waals surface area contributed by atoms with Crippen LogP contribution >= 0.6 is 0 Å². The lowest BCUT2D eigenvalue weighted by atomic mass is 9.96. The minimum Gasteiger partial charge on any atom is -0.507 e. The number of hydrogen-bond donors (Lipinski definition) is 2. The van der Waals surface area contributed by atoms with Crippen LogP contribution in [0, 0.1) is 0 Å². The number of carboxylic acid groups (broad SMARTS) is 1. The summed E-state index contributed by atoms with van der Waals surface area (Å²) in [6, 6.07) is 22.2. The summed E-state index contributed by atoms with van der Waals surface area (Å²) in [5.74, 6) is -0.106. The summed E-state index contributed by atoms with van der Waals surface area (Å²) in [7, 11) is 0. The van der Waals surface area contributed by atoms with E-state index in [0.717, 1.165) is 22.3 Å². The third kappa shape index (κ3) is 3.42. The van der Waals surface area contributed by atoms with E-state index in [1.54, 1.807) is 18.2 Å². The Morgan fingerprint density at radius 1 is 0.926 bits per heavy atom. The van der Waals surface area contributed by atoms with E-state index in [4.69, 9.17) is 9.84 Å². The Morgan fingerprint density at radius 2 is 1.70 bits per heavy atom. The Balaban J connectivity index is 1.66. The maximum absolute atomic E-state index is 11.2. The minimum atomic E-state index is -0.961. The van der Waals surface area contributed by atoms with E-state index in [1.807, 2.05) is 54.6 Å². The molecule has 0 bridgehead atoms. The van der Waals surface area contributed by atoms with Crippen LogP contribution in [0.5, 0.6) is 5.75 Å². The molecular weight excluding hydrogens is 340 g/mol. The van der Waals surface area contributed by atoms with E-state index in [1.165, 1.54) is 0 Å². The SMILES string of the molecule is O=C(O)c1cccc(-c2ccc3c(c2)OCC(Cc2ccccc2)=C3O)c1. The molecule has 1 heterocycles. The number of benzene rings is 3. The Kier molecular flexibility index (Phi) is 4.38. The first-order chi connectivity index (χ1) is 13.1. The van der Waals surface area contributed by atoms with Gasteiger partial charge in [-0.05, 0) is 41.0 Å². The third-order valence-corrected chi connectivity index (χ3v) is 4.68. The van der Waals surface area contributed by atoms with Crippen LogP contribution in [0.15, 0.2) is 78.4 Å². The Bertz CT molecular complexity index is 1040. The molecule has 0 amide bonds. The minimum absolute atomic E-state index is 0.235. The van der Waals surface area contributed by atoms with Gasteiger partial charge in [-0.15, -0.1) is 0 Å². The maximum Gasteiger partial charge on any atom is 0.335 e. The predicted octanol–water partition coefficient (Wildman–Crippen LogP) is 4.96. The van der Waals surface area contributed by atoms with Gasteiger partial charge in [-0.3, -0.25) is 0 Å². The van der Waals surface area contributed by atoms with Gasteiger partial charge in [0.15, 0.2) is 0 Å². The fraction of sp³-hybridized carbons (Fsp3) is 0.0870. The zero-order valence-electron chi connectivity index (χ0n) is 14.6. The number of aromatic carboxylic acids is 1. The highest BCUT2D eigenvalue weighted by Crippen LogP contribution is 2.36. The molecule has 3 aromatic carbocycles. The van der Waals surface area contributed by atoms with E-state index in [2.05, 4.69) is 0 Å². The van der Waals surface area contributed by atoms with E-state index in [0.29, 0.717) is 24.3 Å². The Hall–Kier alpha value is -3.53. The van der Waals surface area contributed by atoms with Crippen molar-refractivity contribution in [2.75, 3.05) is 6.61 Å². The van der Waals surface area contributed by atoms with Crippen LogP contribution in [-0.4, -0.2) is 22.8 Å². The van der Waals surface area contributed by atoms with E-state index >= 15 is 0 Å². The van der Waals surface area contributed by atoms with Gasteiger partial charge in [-0.2, -0.15) is 0 Å². The maximum atomic E-state index is 11.2. The second-order valence-corrected chi connectivity index (χ2v) is 6.50. The molecule has 0 aliphatic carbocycles. The summed E-state index contributed by atoms with van der Waals surface area (Å²) >= 11 is 0. The van der Waals surface area contributed by atoms with Gasteiger partial charge < -0.3 is 14.9 Å². The fourth-order valence-corrected chi connectivity index (χ4v) is 3.25. The zero-order valence-corrected chi connectivity index (χ0v) is 14.6. The van der Waals surface area contributed by atoms with Crippen LogP contribution in [0.25, 0.3) is 16.9 Å². The second kappa shape index (κ2) is 7.00. The molecule has 1 aliphatic rings. The van der Waals surface area contributed by atoms with Gasteiger partial charge in [0.25, 0.3) is 0 Å². The monoisotopic (exact) mass is 358 g/mol. The lowest BCUT2D eigenvalue weighted by molar-refractivity contribution is 0.0697. The average Bonchev–Trinajstić information content (AvgIpc) is 2.71. The largest absolute Gasteiger partial charge is 0.507 e.